The molecule has 2 aromatic carbocycles. The van der Waals surface area contributed by atoms with Crippen molar-refractivity contribution in [2.75, 3.05) is 14.2 Å². The highest BCUT2D eigenvalue weighted by Gasteiger charge is 2.10. The molecule has 0 N–H and O–H groups in total. The minimum absolute atomic E-state index is 0.357. The second-order valence-corrected chi connectivity index (χ2v) is 4.18. The third-order valence-corrected chi connectivity index (χ3v) is 2.95. The Kier molecular flexibility index (Phi) is 4.18. The maximum absolute atomic E-state index is 11.5. The quantitative estimate of drug-likeness (QED) is 0.789. The highest BCUT2D eigenvalue weighted by molar-refractivity contribution is 5.89. The van der Waals surface area contributed by atoms with E-state index in [9.17, 15) is 4.79 Å². The van der Waals surface area contributed by atoms with Crippen LogP contribution in [-0.4, -0.2) is 20.2 Å². The molecule has 0 heterocycles. The highest BCUT2D eigenvalue weighted by atomic mass is 16.5. The zero-order chi connectivity index (χ0) is 13.7. The lowest BCUT2D eigenvalue weighted by Crippen LogP contribution is -2.03. The van der Waals surface area contributed by atoms with E-state index < -0.39 is 0 Å². The topological polar surface area (TPSA) is 35.5 Å². The van der Waals surface area contributed by atoms with Crippen LogP contribution in [0.3, 0.4) is 0 Å². The van der Waals surface area contributed by atoms with E-state index in [0.717, 1.165) is 12.0 Å². The third-order valence-electron chi connectivity index (χ3n) is 2.95. The molecule has 2 aromatic rings. The summed E-state index contributed by atoms with van der Waals surface area (Å²) in [4.78, 5) is 11.5. The third kappa shape index (κ3) is 3.13. The Morgan fingerprint density at radius 1 is 1.05 bits per heavy atom. The second-order valence-electron chi connectivity index (χ2n) is 4.18. The van der Waals surface area contributed by atoms with E-state index in [0.29, 0.717) is 11.3 Å². The molecule has 0 aliphatic rings. The van der Waals surface area contributed by atoms with Gasteiger partial charge < -0.3 is 9.47 Å². The molecule has 0 aliphatic carbocycles. The number of esters is 1. The van der Waals surface area contributed by atoms with Crippen LogP contribution in [0, 0.1) is 0 Å². The van der Waals surface area contributed by atoms with Crippen molar-refractivity contribution < 1.29 is 14.3 Å². The summed E-state index contributed by atoms with van der Waals surface area (Å²) in [5, 5.41) is 0. The standard InChI is InChI=1S/C16H16O3/c1-18-15-11-14(16(17)19-2)9-8-13(15)10-12-6-4-3-5-7-12/h3-9,11H,10H2,1-2H3. The molecule has 0 saturated carbocycles. The van der Waals surface area contributed by atoms with Crippen molar-refractivity contribution in [1.29, 1.82) is 0 Å². The van der Waals surface area contributed by atoms with E-state index in [1.807, 2.05) is 24.3 Å². The zero-order valence-corrected chi connectivity index (χ0v) is 11.1. The van der Waals surface area contributed by atoms with Crippen LogP contribution < -0.4 is 4.74 Å². The Morgan fingerprint density at radius 2 is 1.79 bits per heavy atom. The van der Waals surface area contributed by atoms with Gasteiger partial charge in [0.05, 0.1) is 19.8 Å². The first-order valence-corrected chi connectivity index (χ1v) is 6.03. The molecule has 3 heteroatoms. The summed E-state index contributed by atoms with van der Waals surface area (Å²) in [5.74, 6) is 0.344. The fourth-order valence-corrected chi connectivity index (χ4v) is 1.95. The molecule has 19 heavy (non-hydrogen) atoms. The van der Waals surface area contributed by atoms with E-state index in [4.69, 9.17) is 9.47 Å². The average Bonchev–Trinajstić information content (AvgIpc) is 2.48. The lowest BCUT2D eigenvalue weighted by atomic mass is 10.0. The molecule has 0 aliphatic heterocycles. The summed E-state index contributed by atoms with van der Waals surface area (Å²) in [6, 6.07) is 15.5. The number of carbonyl (C=O) groups is 1. The van der Waals surface area contributed by atoms with Crippen molar-refractivity contribution in [3.63, 3.8) is 0 Å². The number of carbonyl (C=O) groups excluding carboxylic acids is 1. The molecule has 0 spiro atoms. The van der Waals surface area contributed by atoms with E-state index >= 15 is 0 Å². The van der Waals surface area contributed by atoms with Crippen LogP contribution in [0.4, 0.5) is 0 Å². The molecule has 0 saturated heterocycles. The maximum Gasteiger partial charge on any atom is 0.337 e. The van der Waals surface area contributed by atoms with Crippen LogP contribution in [0.15, 0.2) is 48.5 Å². The van der Waals surface area contributed by atoms with Crippen molar-refractivity contribution in [2.24, 2.45) is 0 Å². The highest BCUT2D eigenvalue weighted by Crippen LogP contribution is 2.23. The van der Waals surface area contributed by atoms with Gasteiger partial charge in [-0.25, -0.2) is 4.79 Å². The van der Waals surface area contributed by atoms with Gasteiger partial charge in [0, 0.05) is 6.42 Å². The first-order chi connectivity index (χ1) is 9.24. The summed E-state index contributed by atoms with van der Waals surface area (Å²) < 4.78 is 10.0. The molecule has 3 nitrogen and oxygen atoms in total. The van der Waals surface area contributed by atoms with E-state index in [-0.39, 0.29) is 5.97 Å². The number of benzene rings is 2. The molecular formula is C16H16O3. The number of methoxy groups -OCH3 is 2. The van der Waals surface area contributed by atoms with Gasteiger partial charge in [0.25, 0.3) is 0 Å². The van der Waals surface area contributed by atoms with Crippen LogP contribution in [0.2, 0.25) is 0 Å². The van der Waals surface area contributed by atoms with Crippen molar-refractivity contribution >= 4 is 5.97 Å². The molecule has 0 unspecified atom stereocenters. The lowest BCUT2D eigenvalue weighted by molar-refractivity contribution is 0.0600. The Morgan fingerprint density at radius 3 is 2.42 bits per heavy atom. The first kappa shape index (κ1) is 13.1. The number of ether oxygens (including phenoxy) is 2. The molecule has 0 fully saturated rings. The molecular weight excluding hydrogens is 240 g/mol. The molecule has 98 valence electrons. The molecule has 0 radical (unpaired) electrons. The Bertz CT molecular complexity index is 561. The van der Waals surface area contributed by atoms with Crippen LogP contribution >= 0.6 is 0 Å². The smallest absolute Gasteiger partial charge is 0.337 e. The fourth-order valence-electron chi connectivity index (χ4n) is 1.95. The summed E-state index contributed by atoms with van der Waals surface area (Å²) in [6.45, 7) is 0. The number of hydrogen-bond donors (Lipinski definition) is 0. The van der Waals surface area contributed by atoms with Crippen molar-refractivity contribution in [3.05, 3.63) is 65.2 Å². The van der Waals surface area contributed by atoms with Gasteiger partial charge in [0.15, 0.2) is 0 Å². The fraction of sp³-hybridized carbons (Fsp3) is 0.188. The van der Waals surface area contributed by atoms with Gasteiger partial charge in [-0.1, -0.05) is 36.4 Å². The van der Waals surface area contributed by atoms with Crippen LogP contribution in [0.5, 0.6) is 5.75 Å². The zero-order valence-electron chi connectivity index (χ0n) is 11.1. The molecule has 0 aromatic heterocycles. The summed E-state index contributed by atoms with van der Waals surface area (Å²) in [6.07, 6.45) is 0.769. The monoisotopic (exact) mass is 256 g/mol. The predicted octanol–water partition coefficient (Wildman–Crippen LogP) is 3.07. The van der Waals surface area contributed by atoms with Gasteiger partial charge in [0.1, 0.15) is 5.75 Å². The van der Waals surface area contributed by atoms with Crippen LogP contribution in [-0.2, 0) is 11.2 Å². The van der Waals surface area contributed by atoms with Crippen LogP contribution in [0.1, 0.15) is 21.5 Å². The molecule has 0 amide bonds. The van der Waals surface area contributed by atoms with Gasteiger partial charge >= 0.3 is 5.97 Å². The van der Waals surface area contributed by atoms with Crippen molar-refractivity contribution in [2.45, 2.75) is 6.42 Å². The summed E-state index contributed by atoms with van der Waals surface area (Å²) in [5.41, 5.74) is 2.74. The van der Waals surface area contributed by atoms with Gasteiger partial charge in [-0.05, 0) is 23.3 Å². The van der Waals surface area contributed by atoms with Crippen LogP contribution in [0.25, 0.3) is 0 Å². The second kappa shape index (κ2) is 6.05. The lowest BCUT2D eigenvalue weighted by Gasteiger charge is -2.10. The average molecular weight is 256 g/mol. The Labute approximate surface area is 112 Å². The van der Waals surface area contributed by atoms with Gasteiger partial charge in [0.2, 0.25) is 0 Å². The normalized spacial score (nSPS) is 10.0. The van der Waals surface area contributed by atoms with Crippen molar-refractivity contribution in [1.82, 2.24) is 0 Å². The van der Waals surface area contributed by atoms with Gasteiger partial charge in [-0.15, -0.1) is 0 Å². The predicted molar refractivity (Wildman–Crippen MR) is 73.6 cm³/mol. The van der Waals surface area contributed by atoms with Gasteiger partial charge in [-0.2, -0.15) is 0 Å². The van der Waals surface area contributed by atoms with E-state index in [2.05, 4.69) is 12.1 Å². The van der Waals surface area contributed by atoms with E-state index in [1.165, 1.54) is 12.7 Å². The number of hydrogen-bond acceptors (Lipinski definition) is 3. The summed E-state index contributed by atoms with van der Waals surface area (Å²) >= 11 is 0. The minimum Gasteiger partial charge on any atom is -0.496 e. The SMILES string of the molecule is COC(=O)c1ccc(Cc2ccccc2)c(OC)c1. The largest absolute Gasteiger partial charge is 0.496 e. The summed E-state index contributed by atoms with van der Waals surface area (Å²) in [7, 11) is 2.97. The molecule has 0 atom stereocenters. The van der Waals surface area contributed by atoms with Crippen molar-refractivity contribution in [3.8, 4) is 5.75 Å². The molecule has 2 rings (SSSR count). The first-order valence-electron chi connectivity index (χ1n) is 6.03. The minimum atomic E-state index is -0.357. The molecule has 0 bridgehead atoms. The maximum atomic E-state index is 11.5. The van der Waals surface area contributed by atoms with E-state index in [1.54, 1.807) is 19.2 Å². The Hall–Kier alpha value is -2.29. The van der Waals surface area contributed by atoms with Gasteiger partial charge in [-0.3, -0.25) is 0 Å². The number of rotatable bonds is 4. The Balaban J connectivity index is 2.29.